The Morgan fingerprint density at radius 2 is 2.04 bits per heavy atom. The first-order chi connectivity index (χ1) is 13.4. The van der Waals surface area contributed by atoms with Crippen molar-refractivity contribution in [3.05, 3.63) is 59.8 Å². The van der Waals surface area contributed by atoms with Gasteiger partial charge in [-0.25, -0.2) is 19.0 Å². The number of fused-ring (bicyclic) bond motifs is 1. The van der Waals surface area contributed by atoms with Crippen LogP contribution in [0.15, 0.2) is 41.1 Å². The Morgan fingerprint density at radius 3 is 2.75 bits per heavy atom. The Hall–Kier alpha value is -3.75. The maximum absolute atomic E-state index is 14.4. The van der Waals surface area contributed by atoms with Crippen molar-refractivity contribution in [2.45, 2.75) is 13.8 Å². The Labute approximate surface area is 159 Å². The van der Waals surface area contributed by atoms with Crippen LogP contribution in [0.1, 0.15) is 22.1 Å². The van der Waals surface area contributed by atoms with Gasteiger partial charge in [0.1, 0.15) is 11.5 Å². The Balaban J connectivity index is 1.67. The molecule has 0 atom stereocenters. The highest BCUT2D eigenvalue weighted by Gasteiger charge is 2.17. The summed E-state index contributed by atoms with van der Waals surface area (Å²) >= 11 is 0. The van der Waals surface area contributed by atoms with Crippen molar-refractivity contribution < 1.29 is 13.6 Å². The molecule has 4 aromatic rings. The van der Waals surface area contributed by atoms with Crippen LogP contribution < -0.4 is 10.6 Å². The monoisotopic (exact) mass is 380 g/mol. The van der Waals surface area contributed by atoms with Crippen molar-refractivity contribution >= 4 is 28.3 Å². The second-order valence-corrected chi connectivity index (χ2v) is 6.23. The van der Waals surface area contributed by atoms with E-state index in [1.807, 2.05) is 6.07 Å². The van der Waals surface area contributed by atoms with Crippen LogP contribution in [0.4, 0.5) is 15.8 Å². The summed E-state index contributed by atoms with van der Waals surface area (Å²) in [5.74, 6) is -0.413. The number of carbonyl (C=O) groups is 1. The number of anilines is 2. The first-order valence-electron chi connectivity index (χ1n) is 8.53. The lowest BCUT2D eigenvalue weighted by Gasteiger charge is -2.08. The summed E-state index contributed by atoms with van der Waals surface area (Å²) in [6.07, 6.45) is 3.32. The number of hydrogen-bond acceptors (Lipinski definition) is 6. The van der Waals surface area contributed by atoms with Gasteiger partial charge < -0.3 is 15.1 Å². The minimum absolute atomic E-state index is 0.122. The highest BCUT2D eigenvalue weighted by molar-refractivity contribution is 6.03. The van der Waals surface area contributed by atoms with Crippen molar-refractivity contribution in [3.63, 3.8) is 0 Å². The van der Waals surface area contributed by atoms with Gasteiger partial charge in [-0.05, 0) is 31.2 Å². The minimum atomic E-state index is -0.480. The molecule has 9 heteroatoms. The molecule has 2 N–H and O–H groups in total. The van der Waals surface area contributed by atoms with Crippen LogP contribution in [0.25, 0.3) is 16.7 Å². The van der Waals surface area contributed by atoms with E-state index in [2.05, 4.69) is 25.7 Å². The Morgan fingerprint density at radius 1 is 1.21 bits per heavy atom. The zero-order chi connectivity index (χ0) is 19.8. The zero-order valence-corrected chi connectivity index (χ0v) is 15.4. The van der Waals surface area contributed by atoms with Crippen LogP contribution in [0, 0.1) is 19.7 Å². The number of oxazole rings is 1. The van der Waals surface area contributed by atoms with Crippen LogP contribution in [0.2, 0.25) is 0 Å². The molecule has 0 bridgehead atoms. The van der Waals surface area contributed by atoms with E-state index in [1.165, 1.54) is 22.9 Å². The molecule has 0 aliphatic heterocycles. The number of amides is 1. The first-order valence-corrected chi connectivity index (χ1v) is 8.53. The van der Waals surface area contributed by atoms with E-state index in [0.717, 1.165) is 11.1 Å². The van der Waals surface area contributed by atoms with Gasteiger partial charge in [0.15, 0.2) is 11.5 Å². The lowest BCUT2D eigenvalue weighted by Crippen LogP contribution is -2.13. The summed E-state index contributed by atoms with van der Waals surface area (Å²) < 4.78 is 21.1. The van der Waals surface area contributed by atoms with E-state index in [1.54, 1.807) is 33.3 Å². The van der Waals surface area contributed by atoms with Crippen molar-refractivity contribution in [1.29, 1.82) is 0 Å². The Bertz CT molecular complexity index is 1200. The first kappa shape index (κ1) is 17.7. The molecule has 8 nitrogen and oxygen atoms in total. The quantitative estimate of drug-likeness (QED) is 0.563. The van der Waals surface area contributed by atoms with E-state index < -0.39 is 11.7 Å². The molecule has 0 spiro atoms. The van der Waals surface area contributed by atoms with Gasteiger partial charge in [-0.1, -0.05) is 0 Å². The minimum Gasteiger partial charge on any atom is -0.436 e. The number of halogens is 1. The van der Waals surface area contributed by atoms with Gasteiger partial charge >= 0.3 is 0 Å². The second-order valence-electron chi connectivity index (χ2n) is 6.23. The number of carbonyl (C=O) groups excluding carboxylic acids is 1. The number of benzene rings is 1. The summed E-state index contributed by atoms with van der Waals surface area (Å²) in [7, 11) is 1.79. The van der Waals surface area contributed by atoms with E-state index in [-0.39, 0.29) is 11.4 Å². The molecular formula is C19H17FN6O2. The number of pyridine rings is 1. The van der Waals surface area contributed by atoms with Crippen LogP contribution >= 0.6 is 0 Å². The lowest BCUT2D eigenvalue weighted by atomic mass is 10.2. The fourth-order valence-corrected chi connectivity index (χ4v) is 2.87. The summed E-state index contributed by atoms with van der Waals surface area (Å²) in [5.41, 5.74) is 2.39. The van der Waals surface area contributed by atoms with Gasteiger partial charge in [0.05, 0.1) is 17.6 Å². The summed E-state index contributed by atoms with van der Waals surface area (Å²) in [6.45, 7) is 3.35. The topological polar surface area (TPSA) is 97.9 Å². The number of hydrogen-bond donors (Lipinski definition) is 2. The van der Waals surface area contributed by atoms with Crippen LogP contribution in [-0.2, 0) is 0 Å². The van der Waals surface area contributed by atoms with E-state index in [9.17, 15) is 9.18 Å². The molecule has 4 rings (SSSR count). The van der Waals surface area contributed by atoms with Crippen LogP contribution in [0.3, 0.4) is 0 Å². The molecule has 3 heterocycles. The largest absolute Gasteiger partial charge is 0.436 e. The van der Waals surface area contributed by atoms with Gasteiger partial charge in [-0.2, -0.15) is 0 Å². The predicted octanol–water partition coefficient (Wildman–Crippen LogP) is 3.46. The van der Waals surface area contributed by atoms with Gasteiger partial charge in [-0.3, -0.25) is 4.79 Å². The number of aryl methyl sites for hydroxylation is 2. The molecule has 142 valence electrons. The molecule has 0 fully saturated rings. The third kappa shape index (κ3) is 3.18. The van der Waals surface area contributed by atoms with E-state index in [0.29, 0.717) is 22.9 Å². The van der Waals surface area contributed by atoms with Gasteiger partial charge in [0.2, 0.25) is 5.76 Å². The number of aromatic nitrogens is 4. The fraction of sp³-hybridized carbons (Fsp3) is 0.158. The van der Waals surface area contributed by atoms with Crippen LogP contribution in [-0.4, -0.2) is 32.7 Å². The van der Waals surface area contributed by atoms with Crippen molar-refractivity contribution in [2.24, 2.45) is 0 Å². The number of rotatable bonds is 4. The normalized spacial score (nSPS) is 11.0. The summed E-state index contributed by atoms with van der Waals surface area (Å²) in [4.78, 5) is 20.7. The van der Waals surface area contributed by atoms with Crippen LogP contribution in [0.5, 0.6) is 0 Å². The Kier molecular flexibility index (Phi) is 4.26. The molecule has 28 heavy (non-hydrogen) atoms. The van der Waals surface area contributed by atoms with E-state index >= 15 is 0 Å². The SMILES string of the molecule is CNc1cnc2nn(-c3cc(NC(=O)c4oc(C)nc4C)ccc3F)cc2c1. The zero-order valence-electron chi connectivity index (χ0n) is 15.4. The summed E-state index contributed by atoms with van der Waals surface area (Å²) in [6, 6.07) is 6.10. The maximum atomic E-state index is 14.4. The highest BCUT2D eigenvalue weighted by Crippen LogP contribution is 2.23. The van der Waals surface area contributed by atoms with Crippen molar-refractivity contribution in [2.75, 3.05) is 17.7 Å². The van der Waals surface area contributed by atoms with E-state index in [4.69, 9.17) is 4.42 Å². The second kappa shape index (κ2) is 6.76. The average Bonchev–Trinajstić information content (AvgIpc) is 3.24. The number of nitrogens with zero attached hydrogens (tertiary/aromatic N) is 4. The number of nitrogens with one attached hydrogen (secondary N) is 2. The van der Waals surface area contributed by atoms with Gasteiger partial charge in [0, 0.05) is 31.2 Å². The molecule has 0 aliphatic carbocycles. The maximum Gasteiger partial charge on any atom is 0.293 e. The molecular weight excluding hydrogens is 363 g/mol. The lowest BCUT2D eigenvalue weighted by molar-refractivity contribution is 0.0994. The molecule has 0 radical (unpaired) electrons. The van der Waals surface area contributed by atoms with Crippen molar-refractivity contribution in [3.8, 4) is 5.69 Å². The molecule has 0 saturated heterocycles. The van der Waals surface area contributed by atoms with Gasteiger partial charge in [0.25, 0.3) is 5.91 Å². The smallest absolute Gasteiger partial charge is 0.293 e. The van der Waals surface area contributed by atoms with Gasteiger partial charge in [-0.15, -0.1) is 5.10 Å². The average molecular weight is 380 g/mol. The third-order valence-corrected chi connectivity index (χ3v) is 4.21. The molecule has 3 aromatic heterocycles. The molecule has 0 aliphatic rings. The molecule has 0 saturated carbocycles. The van der Waals surface area contributed by atoms with Crippen molar-refractivity contribution in [1.82, 2.24) is 19.7 Å². The predicted molar refractivity (Wildman–Crippen MR) is 102 cm³/mol. The standard InChI is InChI=1S/C19H17FN6O2/c1-10-17(28-11(2)23-10)19(27)24-13-4-5-15(20)16(7-13)26-9-12-6-14(21-3)8-22-18(12)25-26/h4-9,21H,1-3H3,(H,24,27). The molecule has 1 amide bonds. The fourth-order valence-electron chi connectivity index (χ4n) is 2.87. The molecule has 0 unspecified atom stereocenters. The third-order valence-electron chi connectivity index (χ3n) is 4.21. The highest BCUT2D eigenvalue weighted by atomic mass is 19.1. The molecule has 1 aromatic carbocycles. The summed E-state index contributed by atoms with van der Waals surface area (Å²) in [5, 5.41) is 10.8.